The average molecular weight is 192 g/mol. The summed E-state index contributed by atoms with van der Waals surface area (Å²) in [7, 11) is 0. The van der Waals surface area contributed by atoms with Gasteiger partial charge in [0.1, 0.15) is 0 Å². The zero-order valence-electron chi connectivity index (χ0n) is 10.1. The molecule has 0 saturated heterocycles. The number of hydrogen-bond acceptors (Lipinski definition) is 0. The first-order valence-corrected chi connectivity index (χ1v) is 5.39. The van der Waals surface area contributed by atoms with Gasteiger partial charge in [0.15, 0.2) is 0 Å². The minimum atomic E-state index is 0.457. The molecule has 0 fully saturated rings. The standard InChI is InChI=1S/C14H24/c1-8-11(4)13(6)14(7)12(5)9-10(2)3/h8,10,13-14H,1,4-5,9H2,2-3,6-7H3. The lowest BCUT2D eigenvalue weighted by atomic mass is 9.82. The van der Waals surface area contributed by atoms with Gasteiger partial charge in [0, 0.05) is 0 Å². The molecule has 0 aromatic rings. The summed E-state index contributed by atoms with van der Waals surface area (Å²) in [6.45, 7) is 20.8. The van der Waals surface area contributed by atoms with Gasteiger partial charge in [0.25, 0.3) is 0 Å². The van der Waals surface area contributed by atoms with Crippen molar-refractivity contribution in [1.82, 2.24) is 0 Å². The topological polar surface area (TPSA) is 0 Å². The molecule has 0 saturated carbocycles. The second-order valence-electron chi connectivity index (χ2n) is 4.61. The Bertz CT molecular complexity index is 220. The summed E-state index contributed by atoms with van der Waals surface area (Å²) in [5.74, 6) is 1.65. The Morgan fingerprint density at radius 1 is 1.07 bits per heavy atom. The van der Waals surface area contributed by atoms with Crippen LogP contribution >= 0.6 is 0 Å². The molecule has 0 amide bonds. The van der Waals surface area contributed by atoms with Crippen LogP contribution in [-0.2, 0) is 0 Å². The Hall–Kier alpha value is -0.780. The van der Waals surface area contributed by atoms with Gasteiger partial charge < -0.3 is 0 Å². The molecular weight excluding hydrogens is 168 g/mol. The van der Waals surface area contributed by atoms with Crippen LogP contribution in [0.3, 0.4) is 0 Å². The number of hydrogen-bond donors (Lipinski definition) is 0. The van der Waals surface area contributed by atoms with Gasteiger partial charge in [-0.05, 0) is 24.2 Å². The highest BCUT2D eigenvalue weighted by Crippen LogP contribution is 2.28. The van der Waals surface area contributed by atoms with Crippen LogP contribution in [0.25, 0.3) is 0 Å². The van der Waals surface area contributed by atoms with E-state index in [9.17, 15) is 0 Å². The first-order valence-electron chi connectivity index (χ1n) is 5.39. The molecule has 0 aromatic heterocycles. The molecule has 14 heavy (non-hydrogen) atoms. The number of rotatable bonds is 6. The third-order valence-electron chi connectivity index (χ3n) is 2.91. The van der Waals surface area contributed by atoms with E-state index in [0.29, 0.717) is 17.8 Å². The van der Waals surface area contributed by atoms with Gasteiger partial charge in [0.05, 0.1) is 0 Å². The molecule has 0 bridgehead atoms. The maximum absolute atomic E-state index is 4.16. The minimum absolute atomic E-state index is 0.457. The van der Waals surface area contributed by atoms with Crippen molar-refractivity contribution in [2.24, 2.45) is 17.8 Å². The van der Waals surface area contributed by atoms with Crippen molar-refractivity contribution in [2.45, 2.75) is 34.1 Å². The normalized spacial score (nSPS) is 14.9. The van der Waals surface area contributed by atoms with E-state index in [1.54, 1.807) is 0 Å². The van der Waals surface area contributed by atoms with Crippen LogP contribution in [0.1, 0.15) is 34.1 Å². The molecule has 0 N–H and O–H groups in total. The fourth-order valence-corrected chi connectivity index (χ4v) is 1.57. The summed E-state index contributed by atoms with van der Waals surface area (Å²) < 4.78 is 0. The molecular formula is C14H24. The fraction of sp³-hybridized carbons (Fsp3) is 0.571. The third-order valence-corrected chi connectivity index (χ3v) is 2.91. The van der Waals surface area contributed by atoms with E-state index in [1.165, 1.54) is 5.57 Å². The van der Waals surface area contributed by atoms with E-state index in [-0.39, 0.29) is 0 Å². The van der Waals surface area contributed by atoms with Gasteiger partial charge in [0.2, 0.25) is 0 Å². The van der Waals surface area contributed by atoms with E-state index in [2.05, 4.69) is 47.4 Å². The lowest BCUT2D eigenvalue weighted by Gasteiger charge is -2.23. The molecule has 0 spiro atoms. The Morgan fingerprint density at radius 2 is 1.57 bits per heavy atom. The predicted molar refractivity (Wildman–Crippen MR) is 66.3 cm³/mol. The van der Waals surface area contributed by atoms with Gasteiger partial charge >= 0.3 is 0 Å². The minimum Gasteiger partial charge on any atom is -0.0996 e. The summed E-state index contributed by atoms with van der Waals surface area (Å²) in [4.78, 5) is 0. The second kappa shape index (κ2) is 5.85. The zero-order chi connectivity index (χ0) is 11.3. The Kier molecular flexibility index (Phi) is 5.52. The van der Waals surface area contributed by atoms with E-state index in [1.807, 2.05) is 6.08 Å². The van der Waals surface area contributed by atoms with Crippen molar-refractivity contribution in [2.75, 3.05) is 0 Å². The van der Waals surface area contributed by atoms with Crippen molar-refractivity contribution in [3.8, 4) is 0 Å². The number of allylic oxidation sites excluding steroid dienone is 3. The van der Waals surface area contributed by atoms with Gasteiger partial charge in [-0.1, -0.05) is 64.7 Å². The highest BCUT2D eigenvalue weighted by molar-refractivity contribution is 5.18. The first kappa shape index (κ1) is 13.2. The quantitative estimate of drug-likeness (QED) is 0.426. The largest absolute Gasteiger partial charge is 0.0996 e. The smallest absolute Gasteiger partial charge is 0.0134 e. The highest BCUT2D eigenvalue weighted by Gasteiger charge is 2.16. The van der Waals surface area contributed by atoms with Crippen molar-refractivity contribution in [3.05, 3.63) is 37.0 Å². The molecule has 0 radical (unpaired) electrons. The first-order chi connectivity index (χ1) is 6.40. The summed E-state index contributed by atoms with van der Waals surface area (Å²) in [5.41, 5.74) is 2.44. The molecule has 2 unspecified atom stereocenters. The average Bonchev–Trinajstić information content (AvgIpc) is 2.13. The summed E-state index contributed by atoms with van der Waals surface area (Å²) in [5, 5.41) is 0. The van der Waals surface area contributed by atoms with Crippen LogP contribution in [0, 0.1) is 17.8 Å². The van der Waals surface area contributed by atoms with Crippen LogP contribution in [0.4, 0.5) is 0 Å². The van der Waals surface area contributed by atoms with Crippen molar-refractivity contribution in [1.29, 1.82) is 0 Å². The van der Waals surface area contributed by atoms with E-state index >= 15 is 0 Å². The Balaban J connectivity index is 4.30. The van der Waals surface area contributed by atoms with Crippen molar-refractivity contribution < 1.29 is 0 Å². The van der Waals surface area contributed by atoms with Crippen LogP contribution in [0.15, 0.2) is 37.0 Å². The molecule has 0 heteroatoms. The Labute approximate surface area is 89.4 Å². The van der Waals surface area contributed by atoms with Gasteiger partial charge in [-0.3, -0.25) is 0 Å². The molecule has 0 nitrogen and oxygen atoms in total. The monoisotopic (exact) mass is 192 g/mol. The second-order valence-corrected chi connectivity index (χ2v) is 4.61. The lowest BCUT2D eigenvalue weighted by Crippen LogP contribution is -2.12. The maximum atomic E-state index is 4.16. The predicted octanol–water partition coefficient (Wildman–Crippen LogP) is 4.60. The molecule has 0 aliphatic rings. The van der Waals surface area contributed by atoms with Crippen molar-refractivity contribution >= 4 is 0 Å². The van der Waals surface area contributed by atoms with Crippen LogP contribution < -0.4 is 0 Å². The van der Waals surface area contributed by atoms with Crippen LogP contribution in [0.2, 0.25) is 0 Å². The van der Waals surface area contributed by atoms with Crippen molar-refractivity contribution in [3.63, 3.8) is 0 Å². The zero-order valence-corrected chi connectivity index (χ0v) is 10.1. The van der Waals surface area contributed by atoms with E-state index < -0.39 is 0 Å². The van der Waals surface area contributed by atoms with Crippen LogP contribution in [-0.4, -0.2) is 0 Å². The molecule has 0 aliphatic carbocycles. The van der Waals surface area contributed by atoms with Gasteiger partial charge in [-0.2, -0.15) is 0 Å². The molecule has 80 valence electrons. The SMILES string of the molecule is C=CC(=C)C(C)C(C)C(=C)CC(C)C. The highest BCUT2D eigenvalue weighted by atomic mass is 14.2. The summed E-state index contributed by atoms with van der Waals surface area (Å²) in [6, 6.07) is 0. The summed E-state index contributed by atoms with van der Waals surface area (Å²) in [6.07, 6.45) is 2.96. The molecule has 0 heterocycles. The molecule has 0 aliphatic heterocycles. The fourth-order valence-electron chi connectivity index (χ4n) is 1.57. The third kappa shape index (κ3) is 3.95. The molecule has 0 rings (SSSR count). The Morgan fingerprint density at radius 3 is 1.93 bits per heavy atom. The summed E-state index contributed by atoms with van der Waals surface area (Å²) >= 11 is 0. The van der Waals surface area contributed by atoms with Crippen LogP contribution in [0.5, 0.6) is 0 Å². The van der Waals surface area contributed by atoms with Gasteiger partial charge in [-0.25, -0.2) is 0 Å². The van der Waals surface area contributed by atoms with E-state index in [4.69, 9.17) is 0 Å². The molecule has 0 aromatic carbocycles. The maximum Gasteiger partial charge on any atom is -0.0134 e. The van der Waals surface area contributed by atoms with Gasteiger partial charge in [-0.15, -0.1) is 0 Å². The van der Waals surface area contributed by atoms with E-state index in [0.717, 1.165) is 12.0 Å². The molecule has 2 atom stereocenters. The lowest BCUT2D eigenvalue weighted by molar-refractivity contribution is 0.475.